The standard InChI is InChI=1S/C13H20BNO5/c1-15-7-12(17)19-14(20-13(18)8-15)11(9-16)10-5-3-2-4-6-10/h9-11H,2-8H2,1H3/t11-/m0/s1. The number of aldehydes is 1. The van der Waals surface area contributed by atoms with Gasteiger partial charge >= 0.3 is 19.1 Å². The minimum atomic E-state index is -1.07. The number of hydrogen-bond donors (Lipinski definition) is 0. The Morgan fingerprint density at radius 2 is 1.70 bits per heavy atom. The molecule has 0 radical (unpaired) electrons. The molecule has 0 aromatic carbocycles. The van der Waals surface area contributed by atoms with Gasteiger partial charge in [-0.05, 0) is 13.0 Å². The van der Waals surface area contributed by atoms with Crippen molar-refractivity contribution in [1.82, 2.24) is 4.90 Å². The van der Waals surface area contributed by atoms with E-state index in [2.05, 4.69) is 0 Å². The number of carbonyl (C=O) groups is 3. The molecule has 1 heterocycles. The van der Waals surface area contributed by atoms with Gasteiger partial charge in [0.05, 0.1) is 18.9 Å². The maximum atomic E-state index is 11.7. The number of likely N-dealkylation sites (N-methyl/N-ethyl adjacent to an activating group) is 1. The molecule has 0 spiro atoms. The second-order valence-electron chi connectivity index (χ2n) is 5.63. The molecule has 1 saturated heterocycles. The van der Waals surface area contributed by atoms with Crippen LogP contribution in [0.5, 0.6) is 0 Å². The van der Waals surface area contributed by atoms with Crippen LogP contribution in [-0.2, 0) is 23.7 Å². The fourth-order valence-electron chi connectivity index (χ4n) is 2.93. The first kappa shape index (κ1) is 15.0. The van der Waals surface area contributed by atoms with E-state index in [-0.39, 0.29) is 19.0 Å². The van der Waals surface area contributed by atoms with E-state index < -0.39 is 24.9 Å². The van der Waals surface area contributed by atoms with E-state index in [9.17, 15) is 14.4 Å². The van der Waals surface area contributed by atoms with Gasteiger partial charge in [0, 0.05) is 0 Å². The van der Waals surface area contributed by atoms with Crippen molar-refractivity contribution < 1.29 is 23.7 Å². The summed E-state index contributed by atoms with van der Waals surface area (Å²) in [7, 11) is 0.575. The Hall–Kier alpha value is -1.37. The van der Waals surface area contributed by atoms with Gasteiger partial charge < -0.3 is 14.1 Å². The van der Waals surface area contributed by atoms with E-state index >= 15 is 0 Å². The zero-order valence-electron chi connectivity index (χ0n) is 11.7. The molecule has 1 saturated carbocycles. The third-order valence-corrected chi connectivity index (χ3v) is 3.96. The number of nitrogens with zero attached hydrogens (tertiary/aromatic N) is 1. The van der Waals surface area contributed by atoms with E-state index in [0.717, 1.165) is 38.4 Å². The zero-order valence-corrected chi connectivity index (χ0v) is 11.7. The summed E-state index contributed by atoms with van der Waals surface area (Å²) in [4.78, 5) is 36.3. The Labute approximate surface area is 118 Å². The van der Waals surface area contributed by atoms with Crippen molar-refractivity contribution in [3.8, 4) is 0 Å². The summed E-state index contributed by atoms with van der Waals surface area (Å²) in [5, 5.41) is 0. The van der Waals surface area contributed by atoms with Crippen molar-refractivity contribution in [1.29, 1.82) is 0 Å². The van der Waals surface area contributed by atoms with E-state index in [1.165, 1.54) is 4.90 Å². The number of rotatable bonds is 3. The van der Waals surface area contributed by atoms with Crippen LogP contribution in [0.1, 0.15) is 32.1 Å². The Morgan fingerprint density at radius 1 is 1.15 bits per heavy atom. The summed E-state index contributed by atoms with van der Waals surface area (Å²) >= 11 is 0. The van der Waals surface area contributed by atoms with E-state index in [4.69, 9.17) is 9.31 Å². The van der Waals surface area contributed by atoms with Gasteiger partial charge in [0.15, 0.2) is 0 Å². The molecule has 0 aromatic heterocycles. The molecule has 1 aliphatic heterocycles. The summed E-state index contributed by atoms with van der Waals surface area (Å²) in [5.74, 6) is -1.35. The van der Waals surface area contributed by atoms with E-state index in [0.29, 0.717) is 0 Å². The minimum absolute atomic E-state index is 0.0296. The van der Waals surface area contributed by atoms with Crippen molar-refractivity contribution in [3.63, 3.8) is 0 Å². The fraction of sp³-hybridized carbons (Fsp3) is 0.769. The predicted octanol–water partition coefficient (Wildman–Crippen LogP) is 0.656. The predicted molar refractivity (Wildman–Crippen MR) is 71.8 cm³/mol. The number of hydrogen-bond acceptors (Lipinski definition) is 6. The van der Waals surface area contributed by atoms with Crippen LogP contribution in [-0.4, -0.2) is 50.4 Å². The first-order valence-corrected chi connectivity index (χ1v) is 7.13. The SMILES string of the molecule is CN1CC(=O)OB([C@@H](C=O)C2CCCCC2)OC(=O)C1. The minimum Gasteiger partial charge on any atom is -0.498 e. The van der Waals surface area contributed by atoms with Gasteiger partial charge in [0.25, 0.3) is 0 Å². The van der Waals surface area contributed by atoms with Crippen molar-refractivity contribution in [2.24, 2.45) is 5.92 Å². The van der Waals surface area contributed by atoms with Crippen LogP contribution in [0.2, 0.25) is 5.82 Å². The molecule has 1 aliphatic carbocycles. The highest BCUT2D eigenvalue weighted by Crippen LogP contribution is 2.34. The molecule has 0 N–H and O–H groups in total. The monoisotopic (exact) mass is 281 g/mol. The van der Waals surface area contributed by atoms with Crippen LogP contribution in [0.4, 0.5) is 0 Å². The zero-order chi connectivity index (χ0) is 14.5. The van der Waals surface area contributed by atoms with Gasteiger partial charge in [-0.2, -0.15) is 0 Å². The smallest absolute Gasteiger partial charge is 0.498 e. The largest absolute Gasteiger partial charge is 0.609 e. The Morgan fingerprint density at radius 3 is 2.20 bits per heavy atom. The fourth-order valence-corrected chi connectivity index (χ4v) is 2.93. The summed E-state index contributed by atoms with van der Waals surface area (Å²) in [6, 6.07) is 0. The molecule has 7 heteroatoms. The van der Waals surface area contributed by atoms with Gasteiger partial charge in [-0.25, -0.2) is 0 Å². The molecule has 0 amide bonds. The van der Waals surface area contributed by atoms with Crippen molar-refractivity contribution in [3.05, 3.63) is 0 Å². The molecule has 0 bridgehead atoms. The second-order valence-corrected chi connectivity index (χ2v) is 5.63. The van der Waals surface area contributed by atoms with Gasteiger partial charge in [0.1, 0.15) is 6.29 Å². The van der Waals surface area contributed by atoms with Crippen LogP contribution in [0.15, 0.2) is 0 Å². The van der Waals surface area contributed by atoms with Gasteiger partial charge in [-0.3, -0.25) is 14.5 Å². The first-order chi connectivity index (χ1) is 9.60. The lowest BCUT2D eigenvalue weighted by Gasteiger charge is -2.30. The molecule has 2 rings (SSSR count). The molecule has 6 nitrogen and oxygen atoms in total. The molecule has 0 aromatic rings. The molecule has 110 valence electrons. The summed E-state index contributed by atoms with van der Waals surface area (Å²) in [6.45, 7) is 0.0592. The maximum absolute atomic E-state index is 11.7. The Bertz CT molecular complexity index is 363. The number of carbonyl (C=O) groups excluding carboxylic acids is 3. The maximum Gasteiger partial charge on any atom is 0.609 e. The molecule has 20 heavy (non-hydrogen) atoms. The highest BCUT2D eigenvalue weighted by molar-refractivity contribution is 6.54. The van der Waals surface area contributed by atoms with Crippen LogP contribution in [0.3, 0.4) is 0 Å². The van der Waals surface area contributed by atoms with Gasteiger partial charge in [-0.15, -0.1) is 0 Å². The highest BCUT2D eigenvalue weighted by Gasteiger charge is 2.43. The van der Waals surface area contributed by atoms with Gasteiger partial charge in [-0.1, -0.05) is 32.1 Å². The lowest BCUT2D eigenvalue weighted by molar-refractivity contribution is -0.146. The van der Waals surface area contributed by atoms with Crippen LogP contribution < -0.4 is 0 Å². The first-order valence-electron chi connectivity index (χ1n) is 7.13. The summed E-state index contributed by atoms with van der Waals surface area (Å²) < 4.78 is 10.4. The summed E-state index contributed by atoms with van der Waals surface area (Å²) in [6.07, 6.45) is 5.88. The van der Waals surface area contributed by atoms with Gasteiger partial charge in [0.2, 0.25) is 0 Å². The van der Waals surface area contributed by atoms with Crippen molar-refractivity contribution in [2.75, 3.05) is 20.1 Å². The second kappa shape index (κ2) is 6.88. The quantitative estimate of drug-likeness (QED) is 0.559. The van der Waals surface area contributed by atoms with Crippen molar-refractivity contribution in [2.45, 2.75) is 37.9 Å². The third-order valence-electron chi connectivity index (χ3n) is 3.96. The van der Waals surface area contributed by atoms with Crippen LogP contribution in [0, 0.1) is 5.92 Å². The van der Waals surface area contributed by atoms with E-state index in [1.54, 1.807) is 7.05 Å². The third kappa shape index (κ3) is 3.82. The Kier molecular flexibility index (Phi) is 5.17. The average molecular weight is 281 g/mol. The highest BCUT2D eigenvalue weighted by atomic mass is 16.6. The molecule has 1 atom stereocenters. The van der Waals surface area contributed by atoms with Crippen LogP contribution >= 0.6 is 0 Å². The Balaban J connectivity index is 2.07. The molecule has 0 unspecified atom stereocenters. The average Bonchev–Trinajstić information content (AvgIpc) is 2.38. The molecule has 2 aliphatic rings. The summed E-state index contributed by atoms with van der Waals surface area (Å²) in [5.41, 5.74) is 0. The molecule has 2 fully saturated rings. The van der Waals surface area contributed by atoms with Crippen molar-refractivity contribution >= 4 is 25.3 Å². The molecular weight excluding hydrogens is 261 g/mol. The lowest BCUT2D eigenvalue weighted by Crippen LogP contribution is -2.46. The van der Waals surface area contributed by atoms with Crippen LogP contribution in [0.25, 0.3) is 0 Å². The topological polar surface area (TPSA) is 72.9 Å². The molecular formula is C13H20BNO5. The lowest BCUT2D eigenvalue weighted by atomic mass is 9.62. The van der Waals surface area contributed by atoms with E-state index in [1.807, 2.05) is 0 Å². The normalized spacial score (nSPS) is 24.4.